The number of carbonyl (C=O) groups is 3. The minimum Gasteiger partial charge on any atom is -0.318 e. The molecule has 140 valence electrons. The Hall–Kier alpha value is -3.15. The van der Waals surface area contributed by atoms with Gasteiger partial charge < -0.3 is 15.5 Å². The van der Waals surface area contributed by atoms with Crippen molar-refractivity contribution < 1.29 is 14.4 Å². The molecule has 0 aliphatic carbocycles. The molecule has 1 fully saturated rings. The van der Waals surface area contributed by atoms with Crippen LogP contribution in [0, 0.1) is 20.8 Å². The fraction of sp³-hybridized carbons (Fsp3) is 0.286. The quantitative estimate of drug-likeness (QED) is 0.819. The van der Waals surface area contributed by atoms with Crippen molar-refractivity contribution in [1.82, 2.24) is 0 Å². The summed E-state index contributed by atoms with van der Waals surface area (Å²) in [7, 11) is 0. The second kappa shape index (κ2) is 7.61. The van der Waals surface area contributed by atoms with Crippen LogP contribution >= 0.6 is 0 Å². The van der Waals surface area contributed by atoms with Crippen molar-refractivity contribution >= 4 is 34.8 Å². The lowest BCUT2D eigenvalue weighted by Crippen LogP contribution is -2.30. The first kappa shape index (κ1) is 18.6. The van der Waals surface area contributed by atoms with Gasteiger partial charge >= 0.3 is 11.8 Å². The second-order valence-electron chi connectivity index (χ2n) is 6.83. The van der Waals surface area contributed by atoms with E-state index in [1.807, 2.05) is 45.0 Å². The van der Waals surface area contributed by atoms with E-state index in [4.69, 9.17) is 0 Å². The number of rotatable bonds is 3. The van der Waals surface area contributed by atoms with Crippen LogP contribution in [0.3, 0.4) is 0 Å². The molecule has 0 atom stereocenters. The Balaban J connectivity index is 1.74. The number of nitrogens with zero attached hydrogens (tertiary/aromatic N) is 1. The summed E-state index contributed by atoms with van der Waals surface area (Å²) in [5.41, 5.74) is 4.62. The van der Waals surface area contributed by atoms with Crippen molar-refractivity contribution in [2.24, 2.45) is 0 Å². The molecule has 0 aromatic heterocycles. The Morgan fingerprint density at radius 2 is 1.59 bits per heavy atom. The predicted octanol–water partition coefficient (Wildman–Crippen LogP) is 3.32. The number of hydrogen-bond donors (Lipinski definition) is 2. The topological polar surface area (TPSA) is 78.5 Å². The third-order valence-electron chi connectivity index (χ3n) is 4.76. The predicted molar refractivity (Wildman–Crippen MR) is 106 cm³/mol. The van der Waals surface area contributed by atoms with Gasteiger partial charge in [-0.25, -0.2) is 0 Å². The van der Waals surface area contributed by atoms with E-state index in [2.05, 4.69) is 10.6 Å². The maximum Gasteiger partial charge on any atom is 0.314 e. The summed E-state index contributed by atoms with van der Waals surface area (Å²) >= 11 is 0. The molecule has 1 saturated heterocycles. The van der Waals surface area contributed by atoms with Gasteiger partial charge in [0.2, 0.25) is 5.91 Å². The molecule has 1 aliphatic heterocycles. The van der Waals surface area contributed by atoms with Crippen molar-refractivity contribution in [3.05, 3.63) is 53.1 Å². The first-order valence-corrected chi connectivity index (χ1v) is 8.96. The van der Waals surface area contributed by atoms with Crippen molar-refractivity contribution in [1.29, 1.82) is 0 Å². The molecule has 2 aromatic rings. The number of carbonyl (C=O) groups excluding carboxylic acids is 3. The zero-order valence-electron chi connectivity index (χ0n) is 15.8. The molecule has 2 aromatic carbocycles. The smallest absolute Gasteiger partial charge is 0.314 e. The monoisotopic (exact) mass is 365 g/mol. The van der Waals surface area contributed by atoms with E-state index in [1.165, 1.54) is 0 Å². The Morgan fingerprint density at radius 1 is 0.926 bits per heavy atom. The molecular formula is C21H23N3O3. The van der Waals surface area contributed by atoms with Gasteiger partial charge in [0.05, 0.1) is 0 Å². The van der Waals surface area contributed by atoms with Crippen molar-refractivity contribution in [3.8, 4) is 0 Å². The van der Waals surface area contributed by atoms with Crippen LogP contribution in [0.1, 0.15) is 29.5 Å². The van der Waals surface area contributed by atoms with Gasteiger partial charge in [-0.05, 0) is 56.0 Å². The Bertz CT molecular complexity index is 901. The van der Waals surface area contributed by atoms with Crippen LogP contribution < -0.4 is 15.5 Å². The van der Waals surface area contributed by atoms with Gasteiger partial charge in [0.1, 0.15) is 0 Å². The lowest BCUT2D eigenvalue weighted by Gasteiger charge is -2.19. The molecule has 3 amide bonds. The minimum atomic E-state index is -0.750. The van der Waals surface area contributed by atoms with Gasteiger partial charge in [-0.1, -0.05) is 24.3 Å². The highest BCUT2D eigenvalue weighted by atomic mass is 16.2. The SMILES string of the molecule is Cc1ccc(NC(=O)C(=O)Nc2c(C)cccc2C)cc1N1CCCC1=O. The average Bonchev–Trinajstić information content (AvgIpc) is 3.05. The third-order valence-corrected chi connectivity index (χ3v) is 4.76. The molecule has 0 spiro atoms. The van der Waals surface area contributed by atoms with Gasteiger partial charge in [-0.15, -0.1) is 0 Å². The molecule has 0 unspecified atom stereocenters. The van der Waals surface area contributed by atoms with E-state index in [1.54, 1.807) is 17.0 Å². The lowest BCUT2D eigenvalue weighted by molar-refractivity contribution is -0.133. The van der Waals surface area contributed by atoms with E-state index in [0.29, 0.717) is 24.3 Å². The third kappa shape index (κ3) is 4.00. The molecule has 0 radical (unpaired) electrons. The molecule has 1 heterocycles. The zero-order valence-corrected chi connectivity index (χ0v) is 15.8. The lowest BCUT2D eigenvalue weighted by atomic mass is 10.1. The van der Waals surface area contributed by atoms with E-state index < -0.39 is 11.8 Å². The number of amides is 3. The largest absolute Gasteiger partial charge is 0.318 e. The normalized spacial score (nSPS) is 13.6. The molecule has 0 bridgehead atoms. The molecule has 27 heavy (non-hydrogen) atoms. The fourth-order valence-electron chi connectivity index (χ4n) is 3.25. The Morgan fingerprint density at radius 3 is 2.22 bits per heavy atom. The van der Waals surface area contributed by atoms with Gasteiger partial charge in [-0.2, -0.15) is 0 Å². The molecular weight excluding hydrogens is 342 g/mol. The molecule has 6 nitrogen and oxygen atoms in total. The van der Waals surface area contributed by atoms with Gasteiger partial charge in [0.15, 0.2) is 0 Å². The first-order valence-electron chi connectivity index (χ1n) is 8.96. The van der Waals surface area contributed by atoms with Crippen molar-refractivity contribution in [2.75, 3.05) is 22.1 Å². The van der Waals surface area contributed by atoms with E-state index in [9.17, 15) is 14.4 Å². The summed E-state index contributed by atoms with van der Waals surface area (Å²) in [5.74, 6) is -1.40. The van der Waals surface area contributed by atoms with Crippen molar-refractivity contribution in [2.45, 2.75) is 33.6 Å². The maximum atomic E-state index is 12.3. The zero-order chi connectivity index (χ0) is 19.6. The highest BCUT2D eigenvalue weighted by Gasteiger charge is 2.24. The average molecular weight is 365 g/mol. The van der Waals surface area contributed by atoms with Crippen LogP contribution in [0.25, 0.3) is 0 Å². The molecule has 6 heteroatoms. The number of para-hydroxylation sites is 1. The number of anilines is 3. The summed E-state index contributed by atoms with van der Waals surface area (Å²) < 4.78 is 0. The van der Waals surface area contributed by atoms with Gasteiger partial charge in [0, 0.05) is 30.0 Å². The van der Waals surface area contributed by atoms with Crippen LogP contribution in [0.4, 0.5) is 17.1 Å². The van der Waals surface area contributed by atoms with Crippen LogP contribution in [0.2, 0.25) is 0 Å². The minimum absolute atomic E-state index is 0.0781. The Labute approximate surface area is 158 Å². The molecule has 1 aliphatic rings. The summed E-state index contributed by atoms with van der Waals surface area (Å²) in [4.78, 5) is 38.3. The summed E-state index contributed by atoms with van der Waals surface area (Å²) in [6.45, 7) is 6.34. The molecule has 3 rings (SSSR count). The van der Waals surface area contributed by atoms with Crippen LogP contribution in [-0.2, 0) is 14.4 Å². The summed E-state index contributed by atoms with van der Waals surface area (Å²) in [6, 6.07) is 10.9. The fourth-order valence-corrected chi connectivity index (χ4v) is 3.25. The van der Waals surface area contributed by atoms with E-state index in [0.717, 1.165) is 28.8 Å². The Kier molecular flexibility index (Phi) is 5.26. The number of nitrogens with one attached hydrogen (secondary N) is 2. The standard InChI is InChI=1S/C21H23N3O3/c1-13-9-10-16(12-17(13)24-11-5-8-18(24)25)22-20(26)21(27)23-19-14(2)6-4-7-15(19)3/h4,6-7,9-10,12H,5,8,11H2,1-3H3,(H,22,26)(H,23,27). The van der Waals surface area contributed by atoms with Crippen LogP contribution in [0.15, 0.2) is 36.4 Å². The van der Waals surface area contributed by atoms with Crippen LogP contribution in [-0.4, -0.2) is 24.3 Å². The maximum absolute atomic E-state index is 12.3. The van der Waals surface area contributed by atoms with Crippen molar-refractivity contribution in [3.63, 3.8) is 0 Å². The van der Waals surface area contributed by atoms with Gasteiger partial charge in [0.25, 0.3) is 0 Å². The van der Waals surface area contributed by atoms with Gasteiger partial charge in [-0.3, -0.25) is 14.4 Å². The highest BCUT2D eigenvalue weighted by Crippen LogP contribution is 2.28. The molecule has 2 N–H and O–H groups in total. The van der Waals surface area contributed by atoms with E-state index >= 15 is 0 Å². The number of hydrogen-bond acceptors (Lipinski definition) is 3. The highest BCUT2D eigenvalue weighted by molar-refractivity contribution is 6.43. The number of aryl methyl sites for hydroxylation is 3. The molecule has 0 saturated carbocycles. The number of benzene rings is 2. The van der Waals surface area contributed by atoms with Crippen LogP contribution in [0.5, 0.6) is 0 Å². The second-order valence-corrected chi connectivity index (χ2v) is 6.83. The summed E-state index contributed by atoms with van der Waals surface area (Å²) in [6.07, 6.45) is 1.36. The van der Waals surface area contributed by atoms with E-state index in [-0.39, 0.29) is 5.91 Å². The summed E-state index contributed by atoms with van der Waals surface area (Å²) in [5, 5.41) is 5.29. The first-order chi connectivity index (χ1) is 12.9.